The first-order chi connectivity index (χ1) is 11.5. The molecule has 0 radical (unpaired) electrons. The van der Waals surface area contributed by atoms with E-state index in [1.165, 1.54) is 12.1 Å². The quantitative estimate of drug-likeness (QED) is 0.687. The second-order valence-corrected chi connectivity index (χ2v) is 5.39. The van der Waals surface area contributed by atoms with Crippen molar-refractivity contribution in [1.82, 2.24) is 10.2 Å². The summed E-state index contributed by atoms with van der Waals surface area (Å²) < 4.78 is 13.0. The molecular formula is C18H16FN3O2. The summed E-state index contributed by atoms with van der Waals surface area (Å²) >= 11 is 0. The zero-order valence-electron chi connectivity index (χ0n) is 13.0. The van der Waals surface area contributed by atoms with Gasteiger partial charge >= 0.3 is 0 Å². The first-order valence-electron chi connectivity index (χ1n) is 7.44. The molecule has 0 saturated carbocycles. The van der Waals surface area contributed by atoms with Gasteiger partial charge in [0, 0.05) is 16.8 Å². The normalized spacial score (nSPS) is 12.0. The third-order valence-corrected chi connectivity index (χ3v) is 3.62. The first kappa shape index (κ1) is 15.9. The summed E-state index contributed by atoms with van der Waals surface area (Å²) in [6.07, 6.45) is -0.696. The average Bonchev–Trinajstić information content (AvgIpc) is 3.06. The fraction of sp³-hybridized carbons (Fsp3) is 0.111. The summed E-state index contributed by atoms with van der Waals surface area (Å²) in [4.78, 5) is 12.4. The highest BCUT2D eigenvalue weighted by Crippen LogP contribution is 2.23. The topological polar surface area (TPSA) is 78.0 Å². The summed E-state index contributed by atoms with van der Waals surface area (Å²) in [5.74, 6) is -0.703. The molecule has 0 aliphatic carbocycles. The smallest absolute Gasteiger partial charge is 0.273 e. The number of aliphatic hydroxyl groups is 1. The predicted octanol–water partition coefficient (Wildman–Crippen LogP) is 3.52. The van der Waals surface area contributed by atoms with Gasteiger partial charge in [-0.15, -0.1) is 0 Å². The van der Waals surface area contributed by atoms with Gasteiger partial charge in [0.05, 0.1) is 11.8 Å². The van der Waals surface area contributed by atoms with Crippen LogP contribution >= 0.6 is 0 Å². The molecule has 1 heterocycles. The van der Waals surface area contributed by atoms with E-state index in [2.05, 4.69) is 15.5 Å². The highest BCUT2D eigenvalue weighted by Gasteiger charge is 2.14. The Kier molecular flexibility index (Phi) is 4.39. The molecule has 6 heteroatoms. The highest BCUT2D eigenvalue weighted by atomic mass is 19.1. The molecule has 0 spiro atoms. The highest BCUT2D eigenvalue weighted by molar-refractivity contribution is 6.03. The van der Waals surface area contributed by atoms with Crippen molar-refractivity contribution in [2.24, 2.45) is 0 Å². The number of aromatic amines is 1. The van der Waals surface area contributed by atoms with E-state index in [0.29, 0.717) is 22.5 Å². The fourth-order valence-corrected chi connectivity index (χ4v) is 2.37. The Labute approximate surface area is 138 Å². The summed E-state index contributed by atoms with van der Waals surface area (Å²) in [5.41, 5.74) is 2.69. The zero-order chi connectivity index (χ0) is 17.1. The first-order valence-corrected chi connectivity index (χ1v) is 7.44. The van der Waals surface area contributed by atoms with Gasteiger partial charge in [0.1, 0.15) is 11.5 Å². The minimum absolute atomic E-state index is 0.273. The molecular weight excluding hydrogens is 309 g/mol. The second-order valence-electron chi connectivity index (χ2n) is 5.39. The lowest BCUT2D eigenvalue weighted by Crippen LogP contribution is -2.14. The molecule has 0 aliphatic rings. The van der Waals surface area contributed by atoms with Crippen molar-refractivity contribution < 1.29 is 14.3 Å². The average molecular weight is 325 g/mol. The molecule has 2 aromatic carbocycles. The molecule has 1 aromatic heterocycles. The number of benzene rings is 2. The molecule has 1 atom stereocenters. The maximum Gasteiger partial charge on any atom is 0.273 e. The number of halogens is 1. The van der Waals surface area contributed by atoms with Gasteiger partial charge in [0.15, 0.2) is 0 Å². The Balaban J connectivity index is 1.81. The standard InChI is InChI=1S/C18H16FN3O2/c1-11(23)14-4-2-3-5-15(14)20-18(24)17-10-16(21-22-17)12-6-8-13(19)9-7-12/h2-11,23H,1H3,(H,20,24)(H,21,22). The predicted molar refractivity (Wildman–Crippen MR) is 89.0 cm³/mol. The lowest BCUT2D eigenvalue weighted by molar-refractivity contribution is 0.102. The Morgan fingerprint density at radius 1 is 1.21 bits per heavy atom. The van der Waals surface area contributed by atoms with Crippen LogP contribution in [0.3, 0.4) is 0 Å². The molecule has 24 heavy (non-hydrogen) atoms. The molecule has 0 saturated heterocycles. The van der Waals surface area contributed by atoms with Crippen molar-refractivity contribution in [2.45, 2.75) is 13.0 Å². The maximum atomic E-state index is 13.0. The van der Waals surface area contributed by atoms with E-state index in [4.69, 9.17) is 0 Å². The number of nitrogens with zero attached hydrogens (tertiary/aromatic N) is 1. The van der Waals surface area contributed by atoms with Gasteiger partial charge in [-0.1, -0.05) is 18.2 Å². The molecule has 0 aliphatic heterocycles. The molecule has 3 rings (SSSR count). The SMILES string of the molecule is CC(O)c1ccccc1NC(=O)c1cc(-c2ccc(F)cc2)n[nH]1. The monoisotopic (exact) mass is 325 g/mol. The molecule has 0 bridgehead atoms. The van der Waals surface area contributed by atoms with E-state index < -0.39 is 6.10 Å². The number of hydrogen-bond acceptors (Lipinski definition) is 3. The molecule has 122 valence electrons. The third kappa shape index (κ3) is 3.33. The van der Waals surface area contributed by atoms with E-state index in [1.807, 2.05) is 0 Å². The van der Waals surface area contributed by atoms with E-state index in [9.17, 15) is 14.3 Å². The van der Waals surface area contributed by atoms with Crippen molar-refractivity contribution in [3.8, 4) is 11.3 Å². The van der Waals surface area contributed by atoms with Gasteiger partial charge < -0.3 is 10.4 Å². The number of carbonyl (C=O) groups is 1. The Morgan fingerprint density at radius 3 is 2.62 bits per heavy atom. The van der Waals surface area contributed by atoms with Crippen LogP contribution in [0.2, 0.25) is 0 Å². The van der Waals surface area contributed by atoms with Crippen LogP contribution in [0.1, 0.15) is 29.1 Å². The van der Waals surface area contributed by atoms with Crippen LogP contribution in [0.4, 0.5) is 10.1 Å². The van der Waals surface area contributed by atoms with Crippen molar-refractivity contribution in [3.05, 3.63) is 71.7 Å². The minimum Gasteiger partial charge on any atom is -0.389 e. The van der Waals surface area contributed by atoms with E-state index in [0.717, 1.165) is 0 Å². The van der Waals surface area contributed by atoms with Crippen LogP contribution < -0.4 is 5.32 Å². The Hall–Kier alpha value is -2.99. The van der Waals surface area contributed by atoms with Crippen LogP contribution in [0.5, 0.6) is 0 Å². The molecule has 1 unspecified atom stereocenters. The minimum atomic E-state index is -0.696. The summed E-state index contributed by atoms with van der Waals surface area (Å²) in [6, 6.07) is 14.5. The van der Waals surface area contributed by atoms with Crippen LogP contribution in [0.25, 0.3) is 11.3 Å². The van der Waals surface area contributed by atoms with Gasteiger partial charge in [-0.2, -0.15) is 5.10 Å². The largest absolute Gasteiger partial charge is 0.389 e. The molecule has 3 aromatic rings. The number of aliphatic hydroxyl groups excluding tert-OH is 1. The number of rotatable bonds is 4. The number of H-pyrrole nitrogens is 1. The summed E-state index contributed by atoms with van der Waals surface area (Å²) in [5, 5.41) is 19.3. The Bertz CT molecular complexity index is 857. The third-order valence-electron chi connectivity index (χ3n) is 3.62. The van der Waals surface area contributed by atoms with Gasteiger partial charge in [-0.25, -0.2) is 4.39 Å². The summed E-state index contributed by atoms with van der Waals surface area (Å²) in [6.45, 7) is 1.63. The van der Waals surface area contributed by atoms with Crippen molar-refractivity contribution in [3.63, 3.8) is 0 Å². The van der Waals surface area contributed by atoms with Crippen molar-refractivity contribution in [1.29, 1.82) is 0 Å². The van der Waals surface area contributed by atoms with Crippen LogP contribution in [-0.4, -0.2) is 21.2 Å². The molecule has 1 amide bonds. The number of amides is 1. The van der Waals surface area contributed by atoms with Gasteiger partial charge in [-0.3, -0.25) is 9.89 Å². The lowest BCUT2D eigenvalue weighted by atomic mass is 10.1. The number of anilines is 1. The zero-order valence-corrected chi connectivity index (χ0v) is 13.0. The maximum absolute atomic E-state index is 13.0. The summed E-state index contributed by atoms with van der Waals surface area (Å²) in [7, 11) is 0. The van der Waals surface area contributed by atoms with Gasteiger partial charge in [-0.05, 0) is 43.3 Å². The number of carbonyl (C=O) groups excluding carboxylic acids is 1. The molecule has 5 nitrogen and oxygen atoms in total. The van der Waals surface area contributed by atoms with Crippen LogP contribution in [0.15, 0.2) is 54.6 Å². The number of para-hydroxylation sites is 1. The van der Waals surface area contributed by atoms with Crippen LogP contribution in [-0.2, 0) is 0 Å². The number of aromatic nitrogens is 2. The Morgan fingerprint density at radius 2 is 1.92 bits per heavy atom. The molecule has 3 N–H and O–H groups in total. The second kappa shape index (κ2) is 6.64. The lowest BCUT2D eigenvalue weighted by Gasteiger charge is -2.12. The van der Waals surface area contributed by atoms with Crippen LogP contribution in [0, 0.1) is 5.82 Å². The number of nitrogens with one attached hydrogen (secondary N) is 2. The fourth-order valence-electron chi connectivity index (χ4n) is 2.37. The van der Waals surface area contributed by atoms with E-state index >= 15 is 0 Å². The number of hydrogen-bond donors (Lipinski definition) is 3. The molecule has 0 fully saturated rings. The van der Waals surface area contributed by atoms with Gasteiger partial charge in [0.2, 0.25) is 0 Å². The van der Waals surface area contributed by atoms with Crippen molar-refractivity contribution in [2.75, 3.05) is 5.32 Å². The van der Waals surface area contributed by atoms with E-state index in [1.54, 1.807) is 49.4 Å². The van der Waals surface area contributed by atoms with Crippen molar-refractivity contribution >= 4 is 11.6 Å². The van der Waals surface area contributed by atoms with Gasteiger partial charge in [0.25, 0.3) is 5.91 Å². The van der Waals surface area contributed by atoms with E-state index in [-0.39, 0.29) is 17.4 Å².